The molecular formula is C29H26N4O3. The van der Waals surface area contributed by atoms with E-state index in [4.69, 9.17) is 0 Å². The lowest BCUT2D eigenvalue weighted by Gasteiger charge is -2.12. The van der Waals surface area contributed by atoms with Crippen molar-refractivity contribution in [2.75, 3.05) is 11.9 Å². The normalized spacial score (nSPS) is 14.5. The highest BCUT2D eigenvalue weighted by atomic mass is 16.2. The van der Waals surface area contributed by atoms with Crippen molar-refractivity contribution in [2.24, 2.45) is 0 Å². The Bertz CT molecular complexity index is 1560. The molecule has 1 saturated heterocycles. The molecule has 0 atom stereocenters. The van der Waals surface area contributed by atoms with Gasteiger partial charge in [0, 0.05) is 22.8 Å². The van der Waals surface area contributed by atoms with Gasteiger partial charge in [0.25, 0.3) is 5.91 Å². The summed E-state index contributed by atoms with van der Waals surface area (Å²) in [6.07, 6.45) is 1.67. The highest BCUT2D eigenvalue weighted by Gasteiger charge is 2.35. The zero-order valence-corrected chi connectivity index (χ0v) is 20.3. The van der Waals surface area contributed by atoms with Crippen molar-refractivity contribution in [1.82, 2.24) is 14.8 Å². The number of urea groups is 1. The summed E-state index contributed by atoms with van der Waals surface area (Å²) in [5.41, 5.74) is 5.52. The number of hydrogen-bond acceptors (Lipinski definition) is 3. The molecule has 3 aromatic carbocycles. The maximum Gasteiger partial charge on any atom is 0.329 e. The minimum absolute atomic E-state index is 0.141. The van der Waals surface area contributed by atoms with Crippen LogP contribution < -0.4 is 10.6 Å². The summed E-state index contributed by atoms with van der Waals surface area (Å²) in [5, 5.41) is 7.64. The number of carbonyl (C=O) groups excluding carboxylic acids is 3. The van der Waals surface area contributed by atoms with Crippen LogP contribution in [0.5, 0.6) is 0 Å². The first-order chi connectivity index (χ1) is 17.3. The first-order valence-corrected chi connectivity index (χ1v) is 11.7. The third-order valence-electron chi connectivity index (χ3n) is 6.33. The number of aromatic nitrogens is 1. The fraction of sp³-hybridized carbons (Fsp3) is 0.138. The van der Waals surface area contributed by atoms with Crippen molar-refractivity contribution in [1.29, 1.82) is 0 Å². The molecule has 7 heteroatoms. The molecule has 0 aliphatic carbocycles. The first-order valence-electron chi connectivity index (χ1n) is 11.7. The molecule has 4 amide bonds. The van der Waals surface area contributed by atoms with Gasteiger partial charge in [-0.1, -0.05) is 42.5 Å². The second kappa shape index (κ2) is 9.19. The van der Waals surface area contributed by atoms with Crippen LogP contribution in [0, 0.1) is 20.8 Å². The number of nitrogens with one attached hydrogen (secondary N) is 2. The van der Waals surface area contributed by atoms with E-state index in [1.54, 1.807) is 12.1 Å². The quantitative estimate of drug-likeness (QED) is 0.310. The molecule has 0 saturated carbocycles. The Morgan fingerprint density at radius 3 is 2.47 bits per heavy atom. The summed E-state index contributed by atoms with van der Waals surface area (Å²) < 4.78 is 2.12. The van der Waals surface area contributed by atoms with Crippen LogP contribution in [0.25, 0.3) is 22.5 Å². The van der Waals surface area contributed by atoms with Crippen molar-refractivity contribution >= 4 is 40.4 Å². The number of aryl methyl sites for hydroxylation is 2. The van der Waals surface area contributed by atoms with Crippen molar-refractivity contribution in [3.8, 4) is 5.69 Å². The minimum atomic E-state index is -0.617. The van der Waals surface area contributed by atoms with Crippen LogP contribution >= 0.6 is 0 Å². The van der Waals surface area contributed by atoms with Crippen molar-refractivity contribution in [3.05, 3.63) is 101 Å². The van der Waals surface area contributed by atoms with Crippen LogP contribution in [0.4, 0.5) is 10.5 Å². The van der Waals surface area contributed by atoms with Crippen LogP contribution in [0.15, 0.2) is 78.5 Å². The van der Waals surface area contributed by atoms with Gasteiger partial charge in [0.05, 0.1) is 0 Å². The number of amides is 4. The second-order valence-electron chi connectivity index (χ2n) is 8.99. The summed E-state index contributed by atoms with van der Waals surface area (Å²) in [5.74, 6) is -0.977. The van der Waals surface area contributed by atoms with E-state index < -0.39 is 17.8 Å². The maximum absolute atomic E-state index is 13.0. The van der Waals surface area contributed by atoms with E-state index in [1.807, 2.05) is 57.2 Å². The Kier molecular flexibility index (Phi) is 5.90. The molecule has 1 aliphatic rings. The molecular weight excluding hydrogens is 452 g/mol. The Morgan fingerprint density at radius 2 is 1.69 bits per heavy atom. The van der Waals surface area contributed by atoms with E-state index in [0.717, 1.165) is 43.9 Å². The fourth-order valence-electron chi connectivity index (χ4n) is 4.58. The van der Waals surface area contributed by atoms with Crippen molar-refractivity contribution in [3.63, 3.8) is 0 Å². The molecule has 1 aliphatic heterocycles. The topological polar surface area (TPSA) is 83.4 Å². The number of rotatable bonds is 5. The average molecular weight is 479 g/mol. The lowest BCUT2D eigenvalue weighted by atomic mass is 10.1. The smallest absolute Gasteiger partial charge is 0.325 e. The second-order valence-corrected chi connectivity index (χ2v) is 8.99. The molecule has 0 unspecified atom stereocenters. The lowest BCUT2D eigenvalue weighted by Crippen LogP contribution is -2.38. The van der Waals surface area contributed by atoms with Crippen molar-refractivity contribution < 1.29 is 14.4 Å². The molecule has 36 heavy (non-hydrogen) atoms. The maximum atomic E-state index is 13.0. The number of benzene rings is 3. The monoisotopic (exact) mass is 478 g/mol. The SMILES string of the molecule is Cc1cccc(NC(=O)CN2C(=O)N/C(=C/c3cc(C)n(-c4ccc5ccccc5c4)c3C)C2=O)c1. The highest BCUT2D eigenvalue weighted by Crippen LogP contribution is 2.26. The number of imide groups is 1. The molecule has 4 aromatic rings. The zero-order valence-electron chi connectivity index (χ0n) is 20.3. The summed E-state index contributed by atoms with van der Waals surface area (Å²) in [7, 11) is 0. The number of hydrogen-bond donors (Lipinski definition) is 2. The average Bonchev–Trinajstić information content (AvgIpc) is 3.27. The Morgan fingerprint density at radius 1 is 0.917 bits per heavy atom. The number of nitrogens with zero attached hydrogens (tertiary/aromatic N) is 2. The van der Waals surface area contributed by atoms with Crippen LogP contribution in [-0.4, -0.2) is 33.9 Å². The number of anilines is 1. The van der Waals surface area contributed by atoms with E-state index in [9.17, 15) is 14.4 Å². The molecule has 0 bridgehead atoms. The fourth-order valence-corrected chi connectivity index (χ4v) is 4.58. The predicted octanol–water partition coefficient (Wildman–Crippen LogP) is 5.09. The summed E-state index contributed by atoms with van der Waals surface area (Å²) >= 11 is 0. The van der Waals surface area contributed by atoms with E-state index in [1.165, 1.54) is 0 Å². The Labute approximate surface area is 209 Å². The third kappa shape index (κ3) is 4.38. The lowest BCUT2D eigenvalue weighted by molar-refractivity contribution is -0.127. The Balaban J connectivity index is 1.37. The Hall–Kier alpha value is -4.65. The van der Waals surface area contributed by atoms with Gasteiger partial charge in [-0.25, -0.2) is 9.69 Å². The van der Waals surface area contributed by atoms with Gasteiger partial charge in [-0.2, -0.15) is 0 Å². The van der Waals surface area contributed by atoms with Crippen LogP contribution in [0.1, 0.15) is 22.5 Å². The molecule has 1 aromatic heterocycles. The highest BCUT2D eigenvalue weighted by molar-refractivity contribution is 6.16. The van der Waals surface area contributed by atoms with E-state index in [-0.39, 0.29) is 12.2 Å². The van der Waals surface area contributed by atoms with Gasteiger partial charge in [0.2, 0.25) is 5.91 Å². The molecule has 2 heterocycles. The van der Waals surface area contributed by atoms with E-state index in [0.29, 0.717) is 5.69 Å². The number of fused-ring (bicyclic) bond motifs is 1. The molecule has 0 radical (unpaired) electrons. The summed E-state index contributed by atoms with van der Waals surface area (Å²) in [6.45, 7) is 5.53. The molecule has 7 nitrogen and oxygen atoms in total. The van der Waals surface area contributed by atoms with Gasteiger partial charge in [-0.15, -0.1) is 0 Å². The molecule has 180 valence electrons. The first kappa shape index (κ1) is 23.1. The van der Waals surface area contributed by atoms with Crippen LogP contribution in [0.2, 0.25) is 0 Å². The predicted molar refractivity (Wildman–Crippen MR) is 141 cm³/mol. The standard InChI is InChI=1S/C29H26N4O3/c1-18-7-6-10-24(13-18)30-27(34)17-32-28(35)26(31-29(32)36)16-23-14-19(2)33(20(23)3)25-12-11-21-8-4-5-9-22(21)15-25/h4-16H,17H2,1-3H3,(H,30,34)(H,31,36)/b26-16+. The van der Waals surface area contributed by atoms with Gasteiger partial charge in [-0.05, 0) is 79.1 Å². The number of carbonyl (C=O) groups is 3. The molecule has 2 N–H and O–H groups in total. The molecule has 1 fully saturated rings. The largest absolute Gasteiger partial charge is 0.329 e. The van der Waals surface area contributed by atoms with Gasteiger partial charge >= 0.3 is 6.03 Å². The van der Waals surface area contributed by atoms with Crippen LogP contribution in [-0.2, 0) is 9.59 Å². The van der Waals surface area contributed by atoms with Gasteiger partial charge < -0.3 is 15.2 Å². The van der Waals surface area contributed by atoms with Gasteiger partial charge in [0.15, 0.2) is 0 Å². The minimum Gasteiger partial charge on any atom is -0.325 e. The van der Waals surface area contributed by atoms with Gasteiger partial charge in [0.1, 0.15) is 12.2 Å². The summed E-state index contributed by atoms with van der Waals surface area (Å²) in [6, 6.07) is 23.1. The summed E-state index contributed by atoms with van der Waals surface area (Å²) in [4.78, 5) is 38.9. The third-order valence-corrected chi connectivity index (χ3v) is 6.33. The van der Waals surface area contributed by atoms with E-state index in [2.05, 4.69) is 45.5 Å². The van der Waals surface area contributed by atoms with E-state index >= 15 is 0 Å². The zero-order chi connectivity index (χ0) is 25.4. The van der Waals surface area contributed by atoms with Gasteiger partial charge in [-0.3, -0.25) is 9.59 Å². The molecule has 0 spiro atoms. The van der Waals surface area contributed by atoms with Crippen LogP contribution in [0.3, 0.4) is 0 Å². The van der Waals surface area contributed by atoms with Crippen molar-refractivity contribution in [2.45, 2.75) is 20.8 Å². The molecule has 5 rings (SSSR count).